The summed E-state index contributed by atoms with van der Waals surface area (Å²) in [5, 5.41) is 9.58. The van der Waals surface area contributed by atoms with E-state index in [-0.39, 0.29) is 12.1 Å². The molecule has 4 heteroatoms. The summed E-state index contributed by atoms with van der Waals surface area (Å²) in [4.78, 5) is 11.1. The minimum Gasteiger partial charge on any atom is -0.338 e. The van der Waals surface area contributed by atoms with E-state index >= 15 is 0 Å². The lowest BCUT2D eigenvalue weighted by molar-refractivity contribution is 0.238. The molecule has 0 fully saturated rings. The molecule has 0 aromatic carbocycles. The topological polar surface area (TPSA) is 41.1 Å². The van der Waals surface area contributed by atoms with Crippen LogP contribution in [0.5, 0.6) is 0 Å². The van der Waals surface area contributed by atoms with Crippen LogP contribution in [0.15, 0.2) is 16.8 Å². The lowest BCUT2D eigenvalue weighted by atomic mass is 10.2. The number of hydrogen-bond donors (Lipinski definition) is 2. The lowest BCUT2D eigenvalue weighted by Gasteiger charge is -2.12. The summed E-state index contributed by atoms with van der Waals surface area (Å²) in [6, 6.07) is 1.99. The third kappa shape index (κ3) is 3.06. The Hall–Kier alpha value is -1.03. The normalized spacial score (nSPS) is 12.2. The van der Waals surface area contributed by atoms with Gasteiger partial charge < -0.3 is 10.6 Å². The summed E-state index contributed by atoms with van der Waals surface area (Å²) in [5.74, 6) is 0. The van der Waals surface area contributed by atoms with Gasteiger partial charge in [0.2, 0.25) is 0 Å². The van der Waals surface area contributed by atoms with Crippen molar-refractivity contribution >= 4 is 17.4 Å². The first-order valence-corrected chi connectivity index (χ1v) is 5.24. The highest BCUT2D eigenvalue weighted by Gasteiger charge is 2.07. The van der Waals surface area contributed by atoms with Gasteiger partial charge in [-0.25, -0.2) is 4.79 Å². The summed E-state index contributed by atoms with van der Waals surface area (Å²) >= 11 is 1.64. The molecule has 72 valence electrons. The number of carbonyl (C=O) groups excluding carboxylic acids is 1. The average Bonchev–Trinajstić information content (AvgIpc) is 2.55. The summed E-state index contributed by atoms with van der Waals surface area (Å²) in [5.41, 5.74) is 1.15. The fraction of sp³-hybridized carbons (Fsp3) is 0.444. The lowest BCUT2D eigenvalue weighted by Crippen LogP contribution is -2.36. The molecule has 0 bridgehead atoms. The zero-order chi connectivity index (χ0) is 9.68. The minimum atomic E-state index is -0.110. The van der Waals surface area contributed by atoms with E-state index < -0.39 is 0 Å². The molecule has 13 heavy (non-hydrogen) atoms. The van der Waals surface area contributed by atoms with Gasteiger partial charge in [0.05, 0.1) is 6.04 Å². The number of carbonyl (C=O) groups is 1. The van der Waals surface area contributed by atoms with E-state index in [9.17, 15) is 4.79 Å². The highest BCUT2D eigenvalue weighted by molar-refractivity contribution is 7.07. The first kappa shape index (κ1) is 10.1. The molecule has 1 heterocycles. The molecule has 3 nitrogen and oxygen atoms in total. The quantitative estimate of drug-likeness (QED) is 0.767. The van der Waals surface area contributed by atoms with Crippen molar-refractivity contribution in [3.05, 3.63) is 22.4 Å². The largest absolute Gasteiger partial charge is 0.338 e. The van der Waals surface area contributed by atoms with Crippen molar-refractivity contribution in [2.45, 2.75) is 19.9 Å². The van der Waals surface area contributed by atoms with Crippen molar-refractivity contribution < 1.29 is 4.79 Å². The Balaban J connectivity index is 2.42. The minimum absolute atomic E-state index is 0.0813. The van der Waals surface area contributed by atoms with Gasteiger partial charge in [0, 0.05) is 6.54 Å². The van der Waals surface area contributed by atoms with Crippen LogP contribution in [0, 0.1) is 0 Å². The maximum absolute atomic E-state index is 11.1. The first-order chi connectivity index (χ1) is 6.24. The van der Waals surface area contributed by atoms with Crippen LogP contribution in [0.4, 0.5) is 4.79 Å². The fourth-order valence-electron chi connectivity index (χ4n) is 1.01. The molecular formula is C9H14N2OS. The third-order valence-corrected chi connectivity index (χ3v) is 2.43. The molecular weight excluding hydrogens is 184 g/mol. The molecule has 0 aliphatic heterocycles. The van der Waals surface area contributed by atoms with Crippen molar-refractivity contribution in [3.8, 4) is 0 Å². The predicted octanol–water partition coefficient (Wildman–Crippen LogP) is 2.13. The van der Waals surface area contributed by atoms with Gasteiger partial charge >= 0.3 is 6.03 Å². The number of amides is 2. The average molecular weight is 198 g/mol. The van der Waals surface area contributed by atoms with Crippen LogP contribution >= 0.6 is 11.3 Å². The highest BCUT2D eigenvalue weighted by atomic mass is 32.1. The molecule has 0 aliphatic carbocycles. The third-order valence-electron chi connectivity index (χ3n) is 1.73. The molecule has 0 radical (unpaired) electrons. The SMILES string of the molecule is CCNC(=O)NC(C)c1ccsc1. The smallest absolute Gasteiger partial charge is 0.315 e. The molecule has 0 saturated carbocycles. The van der Waals surface area contributed by atoms with Crippen molar-refractivity contribution in [1.82, 2.24) is 10.6 Å². The monoisotopic (exact) mass is 198 g/mol. The molecule has 0 spiro atoms. The Bertz CT molecular complexity index is 259. The highest BCUT2D eigenvalue weighted by Crippen LogP contribution is 2.14. The van der Waals surface area contributed by atoms with Gasteiger partial charge in [-0.15, -0.1) is 0 Å². The molecule has 1 atom stereocenters. The zero-order valence-electron chi connectivity index (χ0n) is 7.83. The van der Waals surface area contributed by atoms with E-state index in [1.165, 1.54) is 0 Å². The summed E-state index contributed by atoms with van der Waals surface area (Å²) in [7, 11) is 0. The van der Waals surface area contributed by atoms with Gasteiger partial charge in [-0.3, -0.25) is 0 Å². The predicted molar refractivity (Wildman–Crippen MR) is 54.9 cm³/mol. The van der Waals surface area contributed by atoms with Crippen molar-refractivity contribution in [2.75, 3.05) is 6.54 Å². The van der Waals surface area contributed by atoms with Gasteiger partial charge in [0.15, 0.2) is 0 Å². The van der Waals surface area contributed by atoms with Crippen molar-refractivity contribution in [1.29, 1.82) is 0 Å². The van der Waals surface area contributed by atoms with Crippen molar-refractivity contribution in [3.63, 3.8) is 0 Å². The Labute approximate surface area is 82.2 Å². The van der Waals surface area contributed by atoms with Crippen LogP contribution in [0.25, 0.3) is 0 Å². The number of urea groups is 1. The Kier molecular flexibility index (Phi) is 3.76. The maximum Gasteiger partial charge on any atom is 0.315 e. The Morgan fingerprint density at radius 1 is 1.69 bits per heavy atom. The fourth-order valence-corrected chi connectivity index (χ4v) is 1.77. The Morgan fingerprint density at radius 2 is 2.46 bits per heavy atom. The first-order valence-electron chi connectivity index (χ1n) is 4.30. The van der Waals surface area contributed by atoms with E-state index in [1.807, 2.05) is 30.7 Å². The standard InChI is InChI=1S/C9H14N2OS/c1-3-10-9(12)11-7(2)8-4-5-13-6-8/h4-7H,3H2,1-2H3,(H2,10,11,12). The molecule has 0 saturated heterocycles. The van der Waals surface area contributed by atoms with Crippen molar-refractivity contribution in [2.24, 2.45) is 0 Å². The van der Waals surface area contributed by atoms with Crippen LogP contribution in [0.3, 0.4) is 0 Å². The van der Waals surface area contributed by atoms with Crippen LogP contribution in [-0.4, -0.2) is 12.6 Å². The number of nitrogens with one attached hydrogen (secondary N) is 2. The number of rotatable bonds is 3. The summed E-state index contributed by atoms with van der Waals surface area (Å²) in [6.45, 7) is 4.52. The van der Waals surface area contributed by atoms with Gasteiger partial charge in [-0.1, -0.05) is 0 Å². The molecule has 1 rings (SSSR count). The molecule has 0 aliphatic rings. The second kappa shape index (κ2) is 4.87. The van der Waals surface area contributed by atoms with Gasteiger partial charge in [-0.05, 0) is 36.2 Å². The second-order valence-electron chi connectivity index (χ2n) is 2.78. The molecule has 1 aromatic rings. The van der Waals surface area contributed by atoms with E-state index in [2.05, 4.69) is 10.6 Å². The van der Waals surface area contributed by atoms with Crippen LogP contribution < -0.4 is 10.6 Å². The molecule has 1 aromatic heterocycles. The number of hydrogen-bond acceptors (Lipinski definition) is 2. The van der Waals surface area contributed by atoms with E-state index in [4.69, 9.17) is 0 Å². The van der Waals surface area contributed by atoms with E-state index in [0.717, 1.165) is 5.56 Å². The molecule has 2 N–H and O–H groups in total. The second-order valence-corrected chi connectivity index (χ2v) is 3.56. The maximum atomic E-state index is 11.1. The van der Waals surface area contributed by atoms with Crippen LogP contribution in [-0.2, 0) is 0 Å². The Morgan fingerprint density at radius 3 is 3.00 bits per heavy atom. The van der Waals surface area contributed by atoms with Gasteiger partial charge in [-0.2, -0.15) is 11.3 Å². The summed E-state index contributed by atoms with van der Waals surface area (Å²) in [6.07, 6.45) is 0. The van der Waals surface area contributed by atoms with Gasteiger partial charge in [0.25, 0.3) is 0 Å². The molecule has 1 unspecified atom stereocenters. The van der Waals surface area contributed by atoms with Gasteiger partial charge in [0.1, 0.15) is 0 Å². The van der Waals surface area contributed by atoms with Crippen LogP contribution in [0.1, 0.15) is 25.5 Å². The van der Waals surface area contributed by atoms with E-state index in [1.54, 1.807) is 11.3 Å². The zero-order valence-corrected chi connectivity index (χ0v) is 8.65. The number of thiophene rings is 1. The van der Waals surface area contributed by atoms with Crippen LogP contribution in [0.2, 0.25) is 0 Å². The van der Waals surface area contributed by atoms with E-state index in [0.29, 0.717) is 6.54 Å². The molecule has 2 amide bonds. The summed E-state index contributed by atoms with van der Waals surface area (Å²) < 4.78 is 0.